The van der Waals surface area contributed by atoms with Crippen LogP contribution in [0.25, 0.3) is 21.9 Å². The molecule has 0 saturated heterocycles. The SMILES string of the molecule is Cc1cc2ccccc2c(-c2ccc(Cl)cc2Cl)c1CCO. The number of halogens is 2. The van der Waals surface area contributed by atoms with Crippen LogP contribution in [0.3, 0.4) is 0 Å². The molecule has 0 aliphatic heterocycles. The van der Waals surface area contributed by atoms with Gasteiger partial charge in [0.15, 0.2) is 0 Å². The third kappa shape index (κ3) is 2.72. The molecule has 3 aromatic carbocycles. The smallest absolute Gasteiger partial charge is 0.0499 e. The van der Waals surface area contributed by atoms with Gasteiger partial charge in [-0.15, -0.1) is 0 Å². The van der Waals surface area contributed by atoms with Crippen LogP contribution in [-0.2, 0) is 6.42 Å². The molecule has 1 nitrogen and oxygen atoms in total. The summed E-state index contributed by atoms with van der Waals surface area (Å²) in [5.41, 5.74) is 4.33. The Bertz CT molecular complexity index is 840. The first-order valence-electron chi connectivity index (χ1n) is 7.19. The van der Waals surface area contributed by atoms with E-state index in [0.29, 0.717) is 16.5 Å². The van der Waals surface area contributed by atoms with Crippen LogP contribution in [0, 0.1) is 6.92 Å². The maximum absolute atomic E-state index is 9.45. The van der Waals surface area contributed by atoms with E-state index in [1.807, 2.05) is 24.3 Å². The quantitative estimate of drug-likeness (QED) is 0.657. The van der Waals surface area contributed by atoms with Crippen LogP contribution in [-0.4, -0.2) is 11.7 Å². The molecule has 0 bridgehead atoms. The maximum Gasteiger partial charge on any atom is 0.0499 e. The molecule has 0 atom stereocenters. The summed E-state index contributed by atoms with van der Waals surface area (Å²) in [6.07, 6.45) is 0.602. The van der Waals surface area contributed by atoms with Crippen molar-refractivity contribution in [1.82, 2.24) is 0 Å². The van der Waals surface area contributed by atoms with E-state index in [0.717, 1.165) is 27.6 Å². The van der Waals surface area contributed by atoms with Gasteiger partial charge in [-0.05, 0) is 52.9 Å². The molecule has 3 aromatic rings. The average molecular weight is 331 g/mol. The van der Waals surface area contributed by atoms with Crippen LogP contribution >= 0.6 is 23.2 Å². The zero-order chi connectivity index (χ0) is 15.7. The lowest BCUT2D eigenvalue weighted by Crippen LogP contribution is -1.99. The molecule has 0 saturated carbocycles. The molecule has 22 heavy (non-hydrogen) atoms. The van der Waals surface area contributed by atoms with Gasteiger partial charge in [0, 0.05) is 22.2 Å². The lowest BCUT2D eigenvalue weighted by molar-refractivity contribution is 0.299. The van der Waals surface area contributed by atoms with E-state index in [-0.39, 0.29) is 6.61 Å². The van der Waals surface area contributed by atoms with Gasteiger partial charge in [-0.25, -0.2) is 0 Å². The molecule has 3 rings (SSSR count). The van der Waals surface area contributed by atoms with Crippen molar-refractivity contribution in [2.24, 2.45) is 0 Å². The summed E-state index contributed by atoms with van der Waals surface area (Å²) >= 11 is 12.5. The zero-order valence-corrected chi connectivity index (χ0v) is 13.7. The van der Waals surface area contributed by atoms with E-state index < -0.39 is 0 Å². The first-order valence-corrected chi connectivity index (χ1v) is 7.95. The summed E-state index contributed by atoms with van der Waals surface area (Å²) in [5, 5.41) is 13.0. The molecule has 3 heteroatoms. The minimum absolute atomic E-state index is 0.109. The molecule has 0 fully saturated rings. The summed E-state index contributed by atoms with van der Waals surface area (Å²) in [6.45, 7) is 2.18. The standard InChI is InChI=1S/C19H16Cl2O/c1-12-10-13-4-2-3-5-16(13)19(15(12)8-9-22)17-7-6-14(20)11-18(17)21/h2-7,10-11,22H,8-9H2,1H3. The number of aliphatic hydroxyl groups is 1. The Kier molecular flexibility index (Phi) is 4.39. The van der Waals surface area contributed by atoms with Crippen LogP contribution in [0.2, 0.25) is 10.0 Å². The first-order chi connectivity index (χ1) is 10.6. The maximum atomic E-state index is 9.45. The highest BCUT2D eigenvalue weighted by atomic mass is 35.5. The molecule has 0 spiro atoms. The summed E-state index contributed by atoms with van der Waals surface area (Å²) < 4.78 is 0. The fourth-order valence-electron chi connectivity index (χ4n) is 2.96. The zero-order valence-electron chi connectivity index (χ0n) is 12.2. The van der Waals surface area contributed by atoms with Crippen molar-refractivity contribution in [2.75, 3.05) is 6.61 Å². The van der Waals surface area contributed by atoms with Gasteiger partial charge in [0.05, 0.1) is 0 Å². The number of aliphatic hydroxyl groups excluding tert-OH is 1. The molecule has 0 heterocycles. The van der Waals surface area contributed by atoms with Crippen molar-refractivity contribution in [3.8, 4) is 11.1 Å². The Labute approximate surface area is 140 Å². The van der Waals surface area contributed by atoms with E-state index in [9.17, 15) is 5.11 Å². The van der Waals surface area contributed by atoms with E-state index in [1.54, 1.807) is 6.07 Å². The van der Waals surface area contributed by atoms with E-state index in [1.165, 1.54) is 5.39 Å². The van der Waals surface area contributed by atoms with Crippen molar-refractivity contribution in [3.05, 3.63) is 69.7 Å². The first kappa shape index (κ1) is 15.4. The summed E-state index contributed by atoms with van der Waals surface area (Å²) in [4.78, 5) is 0. The van der Waals surface area contributed by atoms with Crippen LogP contribution in [0.4, 0.5) is 0 Å². The van der Waals surface area contributed by atoms with Crippen molar-refractivity contribution in [2.45, 2.75) is 13.3 Å². The average Bonchev–Trinajstić information content (AvgIpc) is 2.49. The van der Waals surface area contributed by atoms with Gasteiger partial charge in [-0.3, -0.25) is 0 Å². The largest absolute Gasteiger partial charge is 0.396 e. The van der Waals surface area contributed by atoms with Crippen LogP contribution in [0.1, 0.15) is 11.1 Å². The number of hydrogen-bond acceptors (Lipinski definition) is 1. The second-order valence-electron chi connectivity index (χ2n) is 5.37. The Hall–Kier alpha value is -1.54. The predicted molar refractivity (Wildman–Crippen MR) is 94.9 cm³/mol. The molecule has 0 aliphatic rings. The highest BCUT2D eigenvalue weighted by Gasteiger charge is 2.15. The van der Waals surface area contributed by atoms with Crippen molar-refractivity contribution < 1.29 is 5.11 Å². The summed E-state index contributed by atoms with van der Waals surface area (Å²) in [6, 6.07) is 16.0. The molecule has 0 radical (unpaired) electrons. The normalized spacial score (nSPS) is 11.1. The van der Waals surface area contributed by atoms with Gasteiger partial charge in [-0.1, -0.05) is 59.6 Å². The van der Waals surface area contributed by atoms with Crippen LogP contribution in [0.15, 0.2) is 48.5 Å². The van der Waals surface area contributed by atoms with Crippen LogP contribution in [0.5, 0.6) is 0 Å². The number of hydrogen-bond donors (Lipinski definition) is 1. The Morgan fingerprint density at radius 2 is 1.77 bits per heavy atom. The Morgan fingerprint density at radius 3 is 2.50 bits per heavy atom. The molecule has 0 aromatic heterocycles. The number of rotatable bonds is 3. The summed E-state index contributed by atoms with van der Waals surface area (Å²) in [5.74, 6) is 0. The fraction of sp³-hybridized carbons (Fsp3) is 0.158. The highest BCUT2D eigenvalue weighted by molar-refractivity contribution is 6.36. The fourth-order valence-corrected chi connectivity index (χ4v) is 3.47. The van der Waals surface area contributed by atoms with E-state index in [2.05, 4.69) is 25.1 Å². The van der Waals surface area contributed by atoms with Gasteiger partial charge in [0.1, 0.15) is 0 Å². The second-order valence-corrected chi connectivity index (χ2v) is 6.21. The topological polar surface area (TPSA) is 20.2 Å². The molecular weight excluding hydrogens is 315 g/mol. The second kappa shape index (κ2) is 6.29. The third-order valence-corrected chi connectivity index (χ3v) is 4.49. The summed E-state index contributed by atoms with van der Waals surface area (Å²) in [7, 11) is 0. The number of fused-ring (bicyclic) bond motifs is 1. The monoisotopic (exact) mass is 330 g/mol. The van der Waals surface area contributed by atoms with Gasteiger partial charge in [-0.2, -0.15) is 0 Å². The molecule has 0 aliphatic carbocycles. The highest BCUT2D eigenvalue weighted by Crippen LogP contribution is 2.39. The molecular formula is C19H16Cl2O. The van der Waals surface area contributed by atoms with Gasteiger partial charge >= 0.3 is 0 Å². The van der Waals surface area contributed by atoms with Crippen molar-refractivity contribution in [3.63, 3.8) is 0 Å². The van der Waals surface area contributed by atoms with Crippen molar-refractivity contribution in [1.29, 1.82) is 0 Å². The Balaban J connectivity index is 2.41. The number of benzene rings is 3. The van der Waals surface area contributed by atoms with E-state index in [4.69, 9.17) is 23.2 Å². The van der Waals surface area contributed by atoms with E-state index >= 15 is 0 Å². The minimum atomic E-state index is 0.109. The van der Waals surface area contributed by atoms with Gasteiger partial charge in [0.2, 0.25) is 0 Å². The van der Waals surface area contributed by atoms with Crippen molar-refractivity contribution >= 4 is 34.0 Å². The van der Waals surface area contributed by atoms with Gasteiger partial charge < -0.3 is 5.11 Å². The lowest BCUT2D eigenvalue weighted by Gasteiger charge is -2.17. The lowest BCUT2D eigenvalue weighted by atomic mass is 9.89. The molecule has 1 N–H and O–H groups in total. The third-order valence-electron chi connectivity index (χ3n) is 3.94. The number of aryl methyl sites for hydroxylation is 1. The molecule has 0 unspecified atom stereocenters. The van der Waals surface area contributed by atoms with Crippen LogP contribution < -0.4 is 0 Å². The Morgan fingerprint density at radius 1 is 1.00 bits per heavy atom. The minimum Gasteiger partial charge on any atom is -0.396 e. The van der Waals surface area contributed by atoms with Gasteiger partial charge in [0.25, 0.3) is 0 Å². The predicted octanol–water partition coefficient (Wildman–Crippen LogP) is 5.66. The molecule has 112 valence electrons. The molecule has 0 amide bonds.